The number of hydrogen-bond acceptors (Lipinski definition) is 4. The van der Waals surface area contributed by atoms with E-state index < -0.39 is 0 Å². The number of benzene rings is 2. The van der Waals surface area contributed by atoms with Crippen LogP contribution < -0.4 is 10.2 Å². The summed E-state index contributed by atoms with van der Waals surface area (Å²) in [6.07, 6.45) is 3.21. The van der Waals surface area contributed by atoms with Crippen LogP contribution in [0.5, 0.6) is 0 Å². The lowest BCUT2D eigenvalue weighted by atomic mass is 10.1. The van der Waals surface area contributed by atoms with Crippen LogP contribution >= 0.6 is 0 Å². The maximum Gasteiger partial charge on any atom is 0.224 e. The Morgan fingerprint density at radius 3 is 2.72 bits per heavy atom. The third-order valence-electron chi connectivity index (χ3n) is 5.09. The molecule has 148 valence electrons. The monoisotopic (exact) mass is 389 g/mol. The highest BCUT2D eigenvalue weighted by Gasteiger charge is 2.22. The van der Waals surface area contributed by atoms with Crippen molar-refractivity contribution in [3.8, 4) is 11.3 Å². The Kier molecular flexibility index (Phi) is 5.16. The number of aryl methyl sites for hydroxylation is 2. The van der Waals surface area contributed by atoms with Gasteiger partial charge in [0.15, 0.2) is 11.7 Å². The van der Waals surface area contributed by atoms with Crippen LogP contribution in [-0.2, 0) is 22.4 Å². The number of amides is 2. The smallest absolute Gasteiger partial charge is 0.224 e. The van der Waals surface area contributed by atoms with Crippen molar-refractivity contribution in [3.05, 3.63) is 65.7 Å². The Morgan fingerprint density at radius 1 is 1.17 bits per heavy atom. The molecule has 2 aromatic carbocycles. The number of hydrogen-bond donors (Lipinski definition) is 1. The Bertz CT molecular complexity index is 1050. The molecule has 1 aromatic heterocycles. The number of aromatic nitrogens is 1. The van der Waals surface area contributed by atoms with Crippen LogP contribution in [0, 0.1) is 6.92 Å². The molecule has 0 bridgehead atoms. The number of fused-ring (bicyclic) bond motifs is 1. The fraction of sp³-hybridized carbons (Fsp3) is 0.261. The zero-order chi connectivity index (χ0) is 20.4. The van der Waals surface area contributed by atoms with Crippen molar-refractivity contribution >= 4 is 23.2 Å². The fourth-order valence-electron chi connectivity index (χ4n) is 3.53. The van der Waals surface area contributed by atoms with Crippen molar-refractivity contribution in [3.63, 3.8) is 0 Å². The Labute approximate surface area is 169 Å². The summed E-state index contributed by atoms with van der Waals surface area (Å²) in [4.78, 5) is 30.0. The molecule has 3 aromatic rings. The van der Waals surface area contributed by atoms with Crippen LogP contribution in [0.3, 0.4) is 0 Å². The number of anilines is 2. The summed E-state index contributed by atoms with van der Waals surface area (Å²) < 4.78 is 5.78. The van der Waals surface area contributed by atoms with Crippen molar-refractivity contribution in [1.82, 2.24) is 4.98 Å². The van der Waals surface area contributed by atoms with Gasteiger partial charge in [0.25, 0.3) is 0 Å². The Hall–Kier alpha value is -3.41. The van der Waals surface area contributed by atoms with Crippen molar-refractivity contribution in [2.24, 2.45) is 0 Å². The molecular formula is C23H23N3O3. The van der Waals surface area contributed by atoms with Gasteiger partial charge in [-0.05, 0) is 37.1 Å². The number of oxazole rings is 1. The summed E-state index contributed by atoms with van der Waals surface area (Å²) in [5, 5.41) is 2.92. The molecule has 6 nitrogen and oxygen atoms in total. The SMILES string of the molecule is CC(=O)N1CCc2cc(NC(=O)CCc3ncc(-c4ccc(C)cc4)o3)ccc21. The maximum absolute atomic E-state index is 12.3. The average Bonchev–Trinajstić information content (AvgIpc) is 3.34. The van der Waals surface area contributed by atoms with Gasteiger partial charge in [0.1, 0.15) is 0 Å². The average molecular weight is 389 g/mol. The molecular weight excluding hydrogens is 366 g/mol. The predicted molar refractivity (Wildman–Crippen MR) is 112 cm³/mol. The first kappa shape index (κ1) is 18.9. The van der Waals surface area contributed by atoms with E-state index in [0.29, 0.717) is 24.6 Å². The topological polar surface area (TPSA) is 75.4 Å². The van der Waals surface area contributed by atoms with E-state index in [1.165, 1.54) is 5.56 Å². The number of rotatable bonds is 5. The molecule has 1 aliphatic rings. The molecule has 2 amide bonds. The third kappa shape index (κ3) is 4.21. The van der Waals surface area contributed by atoms with Gasteiger partial charge in [-0.25, -0.2) is 4.98 Å². The lowest BCUT2D eigenvalue weighted by Crippen LogP contribution is -2.25. The summed E-state index contributed by atoms with van der Waals surface area (Å²) in [7, 11) is 0. The van der Waals surface area contributed by atoms with Crippen molar-refractivity contribution in [2.45, 2.75) is 33.1 Å². The Morgan fingerprint density at radius 2 is 1.97 bits per heavy atom. The summed E-state index contributed by atoms with van der Waals surface area (Å²) in [5.74, 6) is 1.19. The second-order valence-electron chi connectivity index (χ2n) is 7.30. The number of carbonyl (C=O) groups is 2. The molecule has 0 aliphatic carbocycles. The van der Waals surface area contributed by atoms with E-state index in [1.54, 1.807) is 18.0 Å². The minimum absolute atomic E-state index is 0.0384. The summed E-state index contributed by atoms with van der Waals surface area (Å²) in [6, 6.07) is 13.7. The van der Waals surface area contributed by atoms with E-state index in [9.17, 15) is 9.59 Å². The summed E-state index contributed by atoms with van der Waals surface area (Å²) in [5.41, 5.74) is 4.90. The molecule has 1 aliphatic heterocycles. The van der Waals surface area contributed by atoms with Gasteiger partial charge in [-0.2, -0.15) is 0 Å². The van der Waals surface area contributed by atoms with Crippen molar-refractivity contribution in [1.29, 1.82) is 0 Å². The standard InChI is InChI=1S/C23H23N3O3/c1-15-3-5-17(6-4-15)21-14-24-23(29-21)10-9-22(28)25-19-7-8-20-18(13-19)11-12-26(20)16(2)27/h3-8,13-14H,9-12H2,1-2H3,(H,25,28). The van der Waals surface area contributed by atoms with E-state index in [0.717, 1.165) is 28.9 Å². The van der Waals surface area contributed by atoms with E-state index in [1.807, 2.05) is 49.4 Å². The van der Waals surface area contributed by atoms with Crippen molar-refractivity contribution < 1.29 is 14.0 Å². The summed E-state index contributed by atoms with van der Waals surface area (Å²) >= 11 is 0. The van der Waals surface area contributed by atoms with Gasteiger partial charge in [-0.3, -0.25) is 9.59 Å². The van der Waals surface area contributed by atoms with Gasteiger partial charge < -0.3 is 14.6 Å². The lowest BCUT2D eigenvalue weighted by Gasteiger charge is -2.15. The molecule has 0 radical (unpaired) electrons. The molecule has 29 heavy (non-hydrogen) atoms. The molecule has 0 spiro atoms. The van der Waals surface area contributed by atoms with Gasteiger partial charge in [0.2, 0.25) is 11.8 Å². The highest BCUT2D eigenvalue weighted by atomic mass is 16.4. The van der Waals surface area contributed by atoms with Crippen LogP contribution in [0.25, 0.3) is 11.3 Å². The molecule has 0 atom stereocenters. The summed E-state index contributed by atoms with van der Waals surface area (Å²) in [6.45, 7) is 4.29. The first-order valence-corrected chi connectivity index (χ1v) is 9.72. The first-order valence-electron chi connectivity index (χ1n) is 9.72. The molecule has 0 unspecified atom stereocenters. The second kappa shape index (κ2) is 7.91. The van der Waals surface area contributed by atoms with Gasteiger partial charge >= 0.3 is 0 Å². The predicted octanol–water partition coefficient (Wildman–Crippen LogP) is 4.13. The maximum atomic E-state index is 12.3. The van der Waals surface area contributed by atoms with E-state index >= 15 is 0 Å². The highest BCUT2D eigenvalue weighted by molar-refractivity contribution is 5.95. The minimum Gasteiger partial charge on any atom is -0.441 e. The quantitative estimate of drug-likeness (QED) is 0.712. The lowest BCUT2D eigenvalue weighted by molar-refractivity contribution is -0.117. The van der Waals surface area contributed by atoms with Gasteiger partial charge in [-0.1, -0.05) is 29.8 Å². The molecule has 6 heteroatoms. The van der Waals surface area contributed by atoms with Gasteiger partial charge in [-0.15, -0.1) is 0 Å². The van der Waals surface area contributed by atoms with Crippen LogP contribution in [0.2, 0.25) is 0 Å². The zero-order valence-electron chi connectivity index (χ0n) is 16.6. The molecule has 0 saturated carbocycles. The number of carbonyl (C=O) groups excluding carboxylic acids is 2. The largest absolute Gasteiger partial charge is 0.441 e. The zero-order valence-corrected chi connectivity index (χ0v) is 16.6. The van der Waals surface area contributed by atoms with Crippen LogP contribution in [-0.4, -0.2) is 23.3 Å². The van der Waals surface area contributed by atoms with Crippen LogP contribution in [0.4, 0.5) is 11.4 Å². The van der Waals surface area contributed by atoms with Crippen LogP contribution in [0.1, 0.15) is 30.4 Å². The number of nitrogens with zero attached hydrogens (tertiary/aromatic N) is 2. The van der Waals surface area contributed by atoms with E-state index in [2.05, 4.69) is 10.3 Å². The van der Waals surface area contributed by atoms with E-state index in [4.69, 9.17) is 4.42 Å². The van der Waals surface area contributed by atoms with Crippen LogP contribution in [0.15, 0.2) is 53.1 Å². The van der Waals surface area contributed by atoms with E-state index in [-0.39, 0.29) is 18.2 Å². The molecule has 0 saturated heterocycles. The Balaban J connectivity index is 1.34. The highest BCUT2D eigenvalue weighted by Crippen LogP contribution is 2.30. The third-order valence-corrected chi connectivity index (χ3v) is 5.09. The normalized spacial score (nSPS) is 12.7. The second-order valence-corrected chi connectivity index (χ2v) is 7.30. The minimum atomic E-state index is -0.0959. The molecule has 0 fully saturated rings. The van der Waals surface area contributed by atoms with Gasteiger partial charge in [0, 0.05) is 43.2 Å². The van der Waals surface area contributed by atoms with Gasteiger partial charge in [0.05, 0.1) is 6.20 Å². The first-order chi connectivity index (χ1) is 14.0. The van der Waals surface area contributed by atoms with Crippen molar-refractivity contribution in [2.75, 3.05) is 16.8 Å². The number of nitrogens with one attached hydrogen (secondary N) is 1. The molecule has 2 heterocycles. The fourth-order valence-corrected chi connectivity index (χ4v) is 3.53. The molecule has 1 N–H and O–H groups in total. The molecule has 4 rings (SSSR count).